The Balaban J connectivity index is 1.82. The minimum atomic E-state index is 0.476. The lowest BCUT2D eigenvalue weighted by atomic mass is 10.2. The summed E-state index contributed by atoms with van der Waals surface area (Å²) in [4.78, 5) is 0. The van der Waals surface area contributed by atoms with E-state index in [1.165, 1.54) is 5.56 Å². The molecule has 0 heterocycles. The predicted octanol–water partition coefficient (Wildman–Crippen LogP) is 3.60. The van der Waals surface area contributed by atoms with Crippen molar-refractivity contribution in [2.75, 3.05) is 18.9 Å². The number of rotatable bonds is 6. The summed E-state index contributed by atoms with van der Waals surface area (Å²) in [6, 6.07) is 13.9. The van der Waals surface area contributed by atoms with Crippen molar-refractivity contribution in [1.82, 2.24) is 0 Å². The topological polar surface area (TPSA) is 44.5 Å². The normalized spacial score (nSPS) is 10.3. The summed E-state index contributed by atoms with van der Waals surface area (Å²) in [7, 11) is 0. The van der Waals surface area contributed by atoms with Crippen LogP contribution in [0.4, 0.5) is 5.69 Å². The molecule has 0 radical (unpaired) electrons. The van der Waals surface area contributed by atoms with Crippen molar-refractivity contribution in [3.05, 3.63) is 53.6 Å². The van der Waals surface area contributed by atoms with E-state index in [1.54, 1.807) is 0 Å². The summed E-state index contributed by atoms with van der Waals surface area (Å²) in [5.74, 6) is 1.60. The van der Waals surface area contributed by atoms with Crippen molar-refractivity contribution >= 4 is 5.69 Å². The molecular weight excluding hydrogens is 250 g/mol. The zero-order chi connectivity index (χ0) is 14.4. The molecule has 0 amide bonds. The van der Waals surface area contributed by atoms with Crippen LogP contribution in [0.3, 0.4) is 0 Å². The molecule has 0 saturated heterocycles. The van der Waals surface area contributed by atoms with Gasteiger partial charge < -0.3 is 15.2 Å². The van der Waals surface area contributed by atoms with E-state index in [9.17, 15) is 0 Å². The Bertz CT molecular complexity index is 567. The van der Waals surface area contributed by atoms with Gasteiger partial charge in [0.25, 0.3) is 0 Å². The maximum atomic E-state index is 5.85. The minimum Gasteiger partial charge on any atom is -0.490 e. The molecule has 3 nitrogen and oxygen atoms in total. The monoisotopic (exact) mass is 271 g/mol. The average molecular weight is 271 g/mol. The lowest BCUT2D eigenvalue weighted by Crippen LogP contribution is -2.10. The van der Waals surface area contributed by atoms with Gasteiger partial charge in [0.15, 0.2) is 0 Å². The molecule has 3 heteroatoms. The van der Waals surface area contributed by atoms with Crippen LogP contribution in [0.5, 0.6) is 11.5 Å². The van der Waals surface area contributed by atoms with Gasteiger partial charge in [-0.05, 0) is 48.7 Å². The quantitative estimate of drug-likeness (QED) is 0.645. The summed E-state index contributed by atoms with van der Waals surface area (Å²) in [5, 5.41) is 0. The first-order chi connectivity index (χ1) is 9.69. The van der Waals surface area contributed by atoms with Gasteiger partial charge in [0.2, 0.25) is 0 Å². The molecule has 0 aromatic heterocycles. The highest BCUT2D eigenvalue weighted by Gasteiger charge is 2.01. The summed E-state index contributed by atoms with van der Waals surface area (Å²) in [6.45, 7) is 5.12. The highest BCUT2D eigenvalue weighted by atomic mass is 16.5. The van der Waals surface area contributed by atoms with Crippen LogP contribution in [0.2, 0.25) is 0 Å². The maximum Gasteiger partial charge on any atom is 0.142 e. The van der Waals surface area contributed by atoms with E-state index in [0.717, 1.165) is 23.5 Å². The van der Waals surface area contributed by atoms with Gasteiger partial charge in [0.1, 0.15) is 24.7 Å². The van der Waals surface area contributed by atoms with Gasteiger partial charge in [0, 0.05) is 0 Å². The van der Waals surface area contributed by atoms with E-state index in [0.29, 0.717) is 18.9 Å². The van der Waals surface area contributed by atoms with E-state index >= 15 is 0 Å². The molecule has 0 unspecified atom stereocenters. The zero-order valence-corrected chi connectivity index (χ0v) is 12.1. The van der Waals surface area contributed by atoms with Gasteiger partial charge in [-0.25, -0.2) is 0 Å². The van der Waals surface area contributed by atoms with Crippen LogP contribution >= 0.6 is 0 Å². The second kappa shape index (κ2) is 6.85. The SMILES string of the molecule is CCc1cccc(OCCOc2cc(C)ccc2N)c1. The number of ether oxygens (including phenoxy) is 2. The van der Waals surface area contributed by atoms with Gasteiger partial charge in [-0.15, -0.1) is 0 Å². The third-order valence-corrected chi connectivity index (χ3v) is 3.09. The number of aryl methyl sites for hydroxylation is 2. The van der Waals surface area contributed by atoms with E-state index in [1.807, 2.05) is 37.3 Å². The van der Waals surface area contributed by atoms with Crippen LogP contribution in [0.25, 0.3) is 0 Å². The van der Waals surface area contributed by atoms with E-state index in [2.05, 4.69) is 19.1 Å². The molecule has 0 saturated carbocycles. The minimum absolute atomic E-state index is 0.476. The van der Waals surface area contributed by atoms with Crippen LogP contribution in [0, 0.1) is 6.92 Å². The number of benzene rings is 2. The van der Waals surface area contributed by atoms with Crippen molar-refractivity contribution in [3.8, 4) is 11.5 Å². The first-order valence-electron chi connectivity index (χ1n) is 6.89. The van der Waals surface area contributed by atoms with Crippen molar-refractivity contribution in [2.24, 2.45) is 0 Å². The largest absolute Gasteiger partial charge is 0.490 e. The Hall–Kier alpha value is -2.16. The molecule has 20 heavy (non-hydrogen) atoms. The molecule has 2 N–H and O–H groups in total. The molecular formula is C17H21NO2. The molecule has 2 aromatic rings. The fraction of sp³-hybridized carbons (Fsp3) is 0.294. The van der Waals surface area contributed by atoms with Crippen LogP contribution in [0.1, 0.15) is 18.1 Å². The Morgan fingerprint density at radius 1 is 1.00 bits per heavy atom. The Morgan fingerprint density at radius 3 is 2.60 bits per heavy atom. The number of hydrogen-bond donors (Lipinski definition) is 1. The third-order valence-electron chi connectivity index (χ3n) is 3.09. The lowest BCUT2D eigenvalue weighted by Gasteiger charge is -2.11. The Morgan fingerprint density at radius 2 is 1.80 bits per heavy atom. The third kappa shape index (κ3) is 3.92. The summed E-state index contributed by atoms with van der Waals surface area (Å²) >= 11 is 0. The van der Waals surface area contributed by atoms with E-state index < -0.39 is 0 Å². The first kappa shape index (κ1) is 14.3. The highest BCUT2D eigenvalue weighted by Crippen LogP contribution is 2.22. The molecule has 2 aromatic carbocycles. The summed E-state index contributed by atoms with van der Waals surface area (Å²) < 4.78 is 11.3. The fourth-order valence-corrected chi connectivity index (χ4v) is 1.93. The van der Waals surface area contributed by atoms with Crippen molar-refractivity contribution in [3.63, 3.8) is 0 Å². The molecule has 0 atom stereocenters. The number of nitrogen functional groups attached to an aromatic ring is 1. The van der Waals surface area contributed by atoms with Crippen molar-refractivity contribution in [2.45, 2.75) is 20.3 Å². The molecule has 0 spiro atoms. The van der Waals surface area contributed by atoms with Crippen molar-refractivity contribution in [1.29, 1.82) is 0 Å². The van der Waals surface area contributed by atoms with Crippen LogP contribution < -0.4 is 15.2 Å². The van der Waals surface area contributed by atoms with Gasteiger partial charge in [-0.3, -0.25) is 0 Å². The lowest BCUT2D eigenvalue weighted by molar-refractivity contribution is 0.217. The number of hydrogen-bond acceptors (Lipinski definition) is 3. The maximum absolute atomic E-state index is 5.85. The second-order valence-corrected chi connectivity index (χ2v) is 4.74. The van der Waals surface area contributed by atoms with Gasteiger partial charge in [-0.2, -0.15) is 0 Å². The molecule has 106 valence electrons. The Kier molecular flexibility index (Phi) is 4.88. The molecule has 2 rings (SSSR count). The van der Waals surface area contributed by atoms with Crippen LogP contribution in [-0.2, 0) is 6.42 Å². The molecule has 0 bridgehead atoms. The highest BCUT2D eigenvalue weighted by molar-refractivity contribution is 5.53. The zero-order valence-electron chi connectivity index (χ0n) is 12.1. The summed E-state index contributed by atoms with van der Waals surface area (Å²) in [6.07, 6.45) is 1.01. The molecule has 0 aliphatic carbocycles. The van der Waals surface area contributed by atoms with Crippen LogP contribution in [0.15, 0.2) is 42.5 Å². The molecule has 0 aliphatic heterocycles. The van der Waals surface area contributed by atoms with E-state index in [4.69, 9.17) is 15.2 Å². The second-order valence-electron chi connectivity index (χ2n) is 4.74. The molecule has 0 fully saturated rings. The van der Waals surface area contributed by atoms with Crippen LogP contribution in [-0.4, -0.2) is 13.2 Å². The number of nitrogens with two attached hydrogens (primary N) is 1. The van der Waals surface area contributed by atoms with Gasteiger partial charge >= 0.3 is 0 Å². The first-order valence-corrected chi connectivity index (χ1v) is 6.89. The van der Waals surface area contributed by atoms with Crippen molar-refractivity contribution < 1.29 is 9.47 Å². The number of anilines is 1. The summed E-state index contributed by atoms with van der Waals surface area (Å²) in [5.41, 5.74) is 8.91. The standard InChI is InChI=1S/C17H21NO2/c1-3-14-5-4-6-15(12-14)19-9-10-20-17-11-13(2)7-8-16(17)18/h4-8,11-12H,3,9-10,18H2,1-2H3. The van der Waals surface area contributed by atoms with E-state index in [-0.39, 0.29) is 0 Å². The average Bonchev–Trinajstić information content (AvgIpc) is 2.47. The Labute approximate surface area is 120 Å². The predicted molar refractivity (Wildman–Crippen MR) is 82.4 cm³/mol. The fourth-order valence-electron chi connectivity index (χ4n) is 1.93. The van der Waals surface area contributed by atoms with Gasteiger partial charge in [-0.1, -0.05) is 25.1 Å². The van der Waals surface area contributed by atoms with Gasteiger partial charge in [0.05, 0.1) is 5.69 Å². The smallest absolute Gasteiger partial charge is 0.142 e. The molecule has 0 aliphatic rings.